The van der Waals surface area contributed by atoms with Gasteiger partial charge in [0.15, 0.2) is 0 Å². The summed E-state index contributed by atoms with van der Waals surface area (Å²) in [4.78, 5) is 60.3. The average Bonchev–Trinajstić information content (AvgIpc) is 3.13. The Balaban J connectivity index is 0.000000574. The van der Waals surface area contributed by atoms with Crippen LogP contribution in [0.4, 0.5) is 58.5 Å². The number of carboxylic acids is 4. The Morgan fingerprint density at radius 3 is 1.60 bits per heavy atom. The van der Waals surface area contributed by atoms with Crippen LogP contribution in [0, 0.1) is 6.92 Å². The number of aliphatic carboxylic acids is 4. The van der Waals surface area contributed by atoms with E-state index < -0.39 is 48.6 Å². The molecule has 6 N–H and O–H groups in total. The fourth-order valence-corrected chi connectivity index (χ4v) is 6.16. The highest BCUT2D eigenvalue weighted by molar-refractivity contribution is 6.42. The number of piperidine rings is 2. The molecule has 3 aliphatic rings. The zero-order valence-electron chi connectivity index (χ0n) is 32.4. The number of aryl methyl sites for hydroxylation is 1. The van der Waals surface area contributed by atoms with Gasteiger partial charge in [-0.05, 0) is 69.0 Å². The van der Waals surface area contributed by atoms with E-state index in [0.29, 0.717) is 35.1 Å². The normalized spacial score (nSPS) is 19.0. The molecule has 1 amide bonds. The lowest BCUT2D eigenvalue weighted by Gasteiger charge is -2.49. The van der Waals surface area contributed by atoms with Crippen molar-refractivity contribution in [2.24, 2.45) is 5.73 Å². The number of likely N-dealkylation sites (tertiary alicyclic amines) is 2. The number of alkyl halides is 12. The molecule has 2 aromatic rings. The molecule has 4 heterocycles. The van der Waals surface area contributed by atoms with E-state index in [1.807, 2.05) is 42.2 Å². The van der Waals surface area contributed by atoms with E-state index in [2.05, 4.69) is 20.9 Å². The number of benzene rings is 1. The molecule has 0 saturated carbocycles. The van der Waals surface area contributed by atoms with E-state index in [1.165, 1.54) is 0 Å². The Morgan fingerprint density at radius 2 is 1.21 bits per heavy atom. The van der Waals surface area contributed by atoms with Crippen LogP contribution in [0.1, 0.15) is 43.4 Å². The summed E-state index contributed by atoms with van der Waals surface area (Å²) in [6, 6.07) is 12.8. The second kappa shape index (κ2) is 23.3. The standard InChI is InChI=1S/C27H35Cl2N5O.4C2HF3O2/c1-19-3-2-4-25(31-19)34-18-27(10-7-26(34)35,20-5-6-23(28)24(29)15-20)11-14-32-16-22(17-32)33-12-8-21(30)9-13-33;4*3-2(4,5)1(6)7/h2-6,15,21-22H,7-14,16-18,30H2,1H3;4*(H,6,7)/t27-;;;;/m1..../s1. The van der Waals surface area contributed by atoms with Crippen molar-refractivity contribution < 1.29 is 97.1 Å². The third kappa shape index (κ3) is 19.3. The quantitative estimate of drug-likeness (QED) is 0.189. The molecule has 0 unspecified atom stereocenters. The number of nitrogens with zero attached hydrogens (tertiary/aromatic N) is 4. The molecular formula is C35H39Cl2F12N5O9. The van der Waals surface area contributed by atoms with Gasteiger partial charge in [-0.2, -0.15) is 52.7 Å². The summed E-state index contributed by atoms with van der Waals surface area (Å²) in [5.41, 5.74) is 7.95. The van der Waals surface area contributed by atoms with Gasteiger partial charge in [0.25, 0.3) is 0 Å². The summed E-state index contributed by atoms with van der Waals surface area (Å²) in [5, 5.41) is 29.6. The number of pyridine rings is 1. The number of rotatable bonds is 6. The third-order valence-corrected chi connectivity index (χ3v) is 9.91. The van der Waals surface area contributed by atoms with Gasteiger partial charge in [0.2, 0.25) is 5.91 Å². The van der Waals surface area contributed by atoms with E-state index in [1.54, 1.807) is 0 Å². The first kappa shape index (κ1) is 56.4. The molecule has 0 radical (unpaired) electrons. The Labute approximate surface area is 359 Å². The molecule has 14 nitrogen and oxygen atoms in total. The number of amides is 1. The summed E-state index contributed by atoms with van der Waals surface area (Å²) < 4.78 is 127. The van der Waals surface area contributed by atoms with Crippen molar-refractivity contribution in [2.45, 2.75) is 81.2 Å². The first-order valence-corrected chi connectivity index (χ1v) is 18.5. The van der Waals surface area contributed by atoms with Gasteiger partial charge in [0.1, 0.15) is 5.82 Å². The van der Waals surface area contributed by atoms with E-state index in [-0.39, 0.29) is 11.3 Å². The van der Waals surface area contributed by atoms with Crippen molar-refractivity contribution in [3.05, 3.63) is 57.7 Å². The minimum Gasteiger partial charge on any atom is -0.475 e. The van der Waals surface area contributed by atoms with Gasteiger partial charge in [-0.3, -0.25) is 14.6 Å². The minimum absolute atomic E-state index is 0.131. The van der Waals surface area contributed by atoms with Crippen molar-refractivity contribution in [2.75, 3.05) is 44.2 Å². The van der Waals surface area contributed by atoms with E-state index in [4.69, 9.17) is 68.5 Å². The third-order valence-electron chi connectivity index (χ3n) is 9.17. The SMILES string of the molecule is Cc1cccc(N2C[C@@](CCN3CC(N4CCC(N)CC4)C3)(c3ccc(Cl)c(Cl)c3)CCC2=O)n1.O=C(O)C(F)(F)F.O=C(O)C(F)(F)F.O=C(O)C(F)(F)F.O=C(O)C(F)(F)F. The zero-order chi connectivity index (χ0) is 48.9. The molecule has 1 atom stereocenters. The highest BCUT2D eigenvalue weighted by atomic mass is 35.5. The van der Waals surface area contributed by atoms with Crippen molar-refractivity contribution in [1.29, 1.82) is 0 Å². The monoisotopic (exact) mass is 971 g/mol. The predicted octanol–water partition coefficient (Wildman–Crippen LogP) is 6.79. The lowest BCUT2D eigenvalue weighted by molar-refractivity contribution is -0.193. The first-order chi connectivity index (χ1) is 28.6. The van der Waals surface area contributed by atoms with Crippen LogP contribution < -0.4 is 10.6 Å². The van der Waals surface area contributed by atoms with E-state index in [9.17, 15) is 57.5 Å². The van der Waals surface area contributed by atoms with E-state index >= 15 is 0 Å². The average molecular weight is 973 g/mol. The van der Waals surface area contributed by atoms with Crippen LogP contribution in [0.5, 0.6) is 0 Å². The maximum Gasteiger partial charge on any atom is 0.490 e. The molecule has 3 aliphatic heterocycles. The Hall–Kier alpha value is -4.66. The second-order valence-electron chi connectivity index (χ2n) is 13.8. The van der Waals surface area contributed by atoms with Gasteiger partial charge >= 0.3 is 48.6 Å². The predicted molar refractivity (Wildman–Crippen MR) is 197 cm³/mol. The number of carbonyl (C=O) groups is 5. The maximum absolute atomic E-state index is 13.0. The van der Waals surface area contributed by atoms with Crippen LogP contribution in [0.25, 0.3) is 0 Å². The van der Waals surface area contributed by atoms with Crippen LogP contribution in [0.2, 0.25) is 10.0 Å². The minimum atomic E-state index is -5.08. The van der Waals surface area contributed by atoms with Gasteiger partial charge in [-0.25, -0.2) is 24.2 Å². The lowest BCUT2D eigenvalue weighted by Crippen LogP contribution is -2.62. The largest absolute Gasteiger partial charge is 0.490 e. The van der Waals surface area contributed by atoms with Crippen LogP contribution in [0.15, 0.2) is 36.4 Å². The van der Waals surface area contributed by atoms with Crippen LogP contribution in [-0.4, -0.2) is 141 Å². The Bertz CT molecular complexity index is 1780. The van der Waals surface area contributed by atoms with Gasteiger partial charge in [-0.15, -0.1) is 0 Å². The molecule has 3 fully saturated rings. The number of aromatic nitrogens is 1. The fourth-order valence-electron chi connectivity index (χ4n) is 5.86. The van der Waals surface area contributed by atoms with Crippen LogP contribution in [0.3, 0.4) is 0 Å². The molecule has 5 rings (SSSR count). The fraction of sp³-hybridized carbons (Fsp3) is 0.543. The number of hydrogen-bond donors (Lipinski definition) is 5. The number of halogens is 14. The topological polar surface area (TPSA) is 215 Å². The van der Waals surface area contributed by atoms with E-state index in [0.717, 1.165) is 75.5 Å². The Morgan fingerprint density at radius 1 is 0.762 bits per heavy atom. The van der Waals surface area contributed by atoms with Crippen molar-refractivity contribution in [3.8, 4) is 0 Å². The summed E-state index contributed by atoms with van der Waals surface area (Å²) in [6.45, 7) is 8.00. The molecule has 1 aromatic carbocycles. The number of nitrogens with two attached hydrogens (primary N) is 1. The first-order valence-electron chi connectivity index (χ1n) is 17.7. The van der Waals surface area contributed by atoms with Gasteiger partial charge in [0, 0.05) is 62.3 Å². The van der Waals surface area contributed by atoms with Crippen molar-refractivity contribution in [3.63, 3.8) is 0 Å². The molecule has 0 bridgehead atoms. The molecule has 28 heteroatoms. The number of carboxylic acid groups (broad SMARTS) is 4. The summed E-state index contributed by atoms with van der Waals surface area (Å²) in [7, 11) is 0. The molecule has 0 spiro atoms. The Kier molecular flexibility index (Phi) is 20.9. The molecule has 63 heavy (non-hydrogen) atoms. The van der Waals surface area contributed by atoms with Gasteiger partial charge < -0.3 is 31.1 Å². The summed E-state index contributed by atoms with van der Waals surface area (Å²) >= 11 is 12.7. The molecule has 1 aromatic heterocycles. The highest BCUT2D eigenvalue weighted by Crippen LogP contribution is 2.41. The number of anilines is 1. The van der Waals surface area contributed by atoms with Crippen molar-refractivity contribution in [1.82, 2.24) is 14.8 Å². The second-order valence-corrected chi connectivity index (χ2v) is 14.6. The molecule has 3 saturated heterocycles. The zero-order valence-corrected chi connectivity index (χ0v) is 33.9. The maximum atomic E-state index is 13.0. The highest BCUT2D eigenvalue weighted by Gasteiger charge is 2.44. The van der Waals surface area contributed by atoms with Crippen molar-refractivity contribution >= 4 is 58.8 Å². The summed E-state index contributed by atoms with van der Waals surface area (Å²) in [6.07, 6.45) is -15.9. The number of hydrogen-bond acceptors (Lipinski definition) is 9. The van der Waals surface area contributed by atoms with Gasteiger partial charge in [0.05, 0.1) is 10.0 Å². The van der Waals surface area contributed by atoms with Crippen LogP contribution in [-0.2, 0) is 29.4 Å². The molecule has 0 aliphatic carbocycles. The summed E-state index contributed by atoms with van der Waals surface area (Å²) in [5.74, 6) is -10.2. The van der Waals surface area contributed by atoms with Gasteiger partial charge in [-0.1, -0.05) is 35.3 Å². The smallest absolute Gasteiger partial charge is 0.475 e. The molecule has 356 valence electrons. The molecular weight excluding hydrogens is 933 g/mol. The lowest BCUT2D eigenvalue weighted by atomic mass is 9.71. The number of carbonyl (C=O) groups excluding carboxylic acids is 1. The van der Waals surface area contributed by atoms with Crippen LogP contribution >= 0.6 is 23.2 Å².